The van der Waals surface area contributed by atoms with Crippen molar-refractivity contribution in [3.05, 3.63) is 173 Å². The Kier molecular flexibility index (Phi) is 20.9. The number of esters is 2. The number of nitro groups is 2. The van der Waals surface area contributed by atoms with E-state index in [2.05, 4.69) is 21.3 Å². The van der Waals surface area contributed by atoms with Crippen LogP contribution in [0.4, 0.5) is 22.7 Å². The zero-order valence-corrected chi connectivity index (χ0v) is 41.6. The standard InChI is InChI=1S/2C26H27N3O8.H2O/c2*1-15-22(25(31)32)24(17-6-4-7-19(14-17)29(34)35)23(16(2)27-15)26(33)37-13-5-8-21(30)28-18-9-11-20(36-3)12-10-18;/h2*4,6-7,9-12,14,24,27H,5,8,13H2,1-3H3,(H,28,30)(H,31,32);1H2. The zero-order chi connectivity index (χ0) is 54.2. The molecule has 23 nitrogen and oxygen atoms in total. The van der Waals surface area contributed by atoms with Crippen LogP contribution in [-0.2, 0) is 38.2 Å². The summed E-state index contributed by atoms with van der Waals surface area (Å²) in [6, 6.07) is 24.6. The molecule has 2 heterocycles. The van der Waals surface area contributed by atoms with Crippen molar-refractivity contribution in [1.82, 2.24) is 10.6 Å². The molecule has 0 saturated carbocycles. The summed E-state index contributed by atoms with van der Waals surface area (Å²) in [5.41, 5.74) is 2.50. The molecule has 2 amide bonds. The Balaban J connectivity index is 0.000000320. The number of nitrogens with one attached hydrogen (secondary N) is 4. The third-order valence-electron chi connectivity index (χ3n) is 11.6. The SMILES string of the molecule is COc1ccc(NC(=O)CCCOC(=O)C2=C(C)NC(C)=C(C(=O)O)C2c2cccc([N+](=O)[O-])c2)cc1.COc1ccc(NC(=O)CCCOC(=O)C2=C(C)NC(C)=C(C(=O)O)C2c2cccc([N+](=O)[O-])c2)cc1.O. The van der Waals surface area contributed by atoms with Gasteiger partial charge in [0.05, 0.1) is 71.4 Å². The number of nitro benzene ring substituents is 2. The van der Waals surface area contributed by atoms with E-state index < -0.39 is 45.6 Å². The quantitative estimate of drug-likeness (QED) is 0.0226. The highest BCUT2D eigenvalue weighted by Crippen LogP contribution is 2.41. The van der Waals surface area contributed by atoms with E-state index in [0.29, 0.717) is 45.7 Å². The fraction of sp³-hybridized carbons (Fsp3) is 0.269. The maximum Gasteiger partial charge on any atom is 0.336 e. The minimum atomic E-state index is -1.27. The number of ether oxygens (including phenoxy) is 4. The lowest BCUT2D eigenvalue weighted by Gasteiger charge is -2.29. The molecule has 0 saturated heterocycles. The summed E-state index contributed by atoms with van der Waals surface area (Å²) >= 11 is 0. The maximum atomic E-state index is 13.1. The molecule has 2 unspecified atom stereocenters. The number of carboxylic acids is 2. The Hall–Kier alpha value is -9.38. The summed E-state index contributed by atoms with van der Waals surface area (Å²) in [7, 11) is 3.09. The summed E-state index contributed by atoms with van der Waals surface area (Å²) in [5.74, 6) is -5.46. The number of nitrogens with zero attached hydrogens (tertiary/aromatic N) is 2. The predicted molar refractivity (Wildman–Crippen MR) is 271 cm³/mol. The molecule has 6 rings (SSSR count). The van der Waals surface area contributed by atoms with Gasteiger partial charge >= 0.3 is 23.9 Å². The van der Waals surface area contributed by atoms with Gasteiger partial charge < -0.3 is 55.9 Å². The Labute approximate surface area is 429 Å². The van der Waals surface area contributed by atoms with Gasteiger partial charge in [-0.15, -0.1) is 0 Å². The van der Waals surface area contributed by atoms with Crippen molar-refractivity contribution in [2.45, 2.75) is 65.2 Å². The van der Waals surface area contributed by atoms with Crippen LogP contribution in [0.3, 0.4) is 0 Å². The van der Waals surface area contributed by atoms with E-state index in [-0.39, 0.29) is 101 Å². The molecule has 4 aromatic rings. The van der Waals surface area contributed by atoms with Crippen LogP contribution in [0, 0.1) is 20.2 Å². The number of non-ortho nitro benzene ring substituents is 2. The molecule has 0 bridgehead atoms. The number of benzene rings is 4. The Morgan fingerprint density at radius 2 is 0.880 bits per heavy atom. The second-order valence-corrected chi connectivity index (χ2v) is 16.6. The molecule has 23 heteroatoms. The first-order valence-corrected chi connectivity index (χ1v) is 22.8. The third-order valence-corrected chi connectivity index (χ3v) is 11.6. The van der Waals surface area contributed by atoms with Gasteiger partial charge in [0.1, 0.15) is 11.5 Å². The number of amides is 2. The highest BCUT2D eigenvalue weighted by atomic mass is 16.6. The number of rotatable bonds is 20. The molecular formula is C52H56N6O17. The number of carboxylic acid groups (broad SMARTS) is 2. The number of aliphatic carboxylic acids is 2. The average Bonchev–Trinajstić information content (AvgIpc) is 3.36. The number of anilines is 2. The lowest BCUT2D eigenvalue weighted by molar-refractivity contribution is -0.385. The van der Waals surface area contributed by atoms with E-state index in [0.717, 1.165) is 0 Å². The molecule has 2 aliphatic heterocycles. The molecule has 0 fully saturated rings. The summed E-state index contributed by atoms with van der Waals surface area (Å²) < 4.78 is 20.9. The Morgan fingerprint density at radius 3 is 1.19 bits per heavy atom. The van der Waals surface area contributed by atoms with Gasteiger partial charge in [0.2, 0.25) is 11.8 Å². The third kappa shape index (κ3) is 15.3. The largest absolute Gasteiger partial charge is 0.497 e. The van der Waals surface area contributed by atoms with Gasteiger partial charge in [-0.1, -0.05) is 24.3 Å². The molecule has 0 aliphatic carbocycles. The topological polar surface area (TPSA) is 346 Å². The van der Waals surface area contributed by atoms with Crippen molar-refractivity contribution in [2.24, 2.45) is 0 Å². The van der Waals surface area contributed by atoms with E-state index in [9.17, 15) is 59.2 Å². The highest BCUT2D eigenvalue weighted by molar-refractivity contribution is 6.00. The van der Waals surface area contributed by atoms with Crippen molar-refractivity contribution in [2.75, 3.05) is 38.1 Å². The minimum absolute atomic E-state index is 0. The first kappa shape index (κ1) is 58.2. The van der Waals surface area contributed by atoms with Crippen molar-refractivity contribution in [1.29, 1.82) is 0 Å². The van der Waals surface area contributed by atoms with Crippen LogP contribution in [0.1, 0.15) is 76.3 Å². The van der Waals surface area contributed by atoms with Crippen molar-refractivity contribution < 1.29 is 73.3 Å². The molecule has 8 N–H and O–H groups in total. The van der Waals surface area contributed by atoms with Gasteiger partial charge in [-0.05, 0) is 100 Å². The zero-order valence-electron chi connectivity index (χ0n) is 41.6. The van der Waals surface area contributed by atoms with Gasteiger partial charge in [-0.3, -0.25) is 29.8 Å². The van der Waals surface area contributed by atoms with E-state index in [1.807, 2.05) is 0 Å². The van der Waals surface area contributed by atoms with E-state index in [1.54, 1.807) is 90.4 Å². The predicted octanol–water partition coefficient (Wildman–Crippen LogP) is 6.95. The summed E-state index contributed by atoms with van der Waals surface area (Å²) in [6.45, 7) is 6.15. The molecule has 75 heavy (non-hydrogen) atoms. The van der Waals surface area contributed by atoms with Gasteiger partial charge in [-0.25, -0.2) is 19.2 Å². The van der Waals surface area contributed by atoms with Crippen LogP contribution in [0.15, 0.2) is 142 Å². The molecular weight excluding hydrogens is 981 g/mol. The van der Waals surface area contributed by atoms with Crippen LogP contribution in [-0.4, -0.2) is 88.7 Å². The summed E-state index contributed by atoms with van der Waals surface area (Å²) in [6.07, 6.45) is 0.637. The van der Waals surface area contributed by atoms with Gasteiger partial charge in [0, 0.05) is 71.3 Å². The van der Waals surface area contributed by atoms with Gasteiger partial charge in [-0.2, -0.15) is 0 Å². The minimum Gasteiger partial charge on any atom is -0.497 e. The van der Waals surface area contributed by atoms with Crippen LogP contribution < -0.4 is 30.7 Å². The Morgan fingerprint density at radius 1 is 0.547 bits per heavy atom. The van der Waals surface area contributed by atoms with Gasteiger partial charge in [0.25, 0.3) is 11.4 Å². The smallest absolute Gasteiger partial charge is 0.336 e. The number of carbonyl (C=O) groups is 6. The van der Waals surface area contributed by atoms with E-state index >= 15 is 0 Å². The molecule has 2 aliphatic rings. The van der Waals surface area contributed by atoms with Crippen molar-refractivity contribution in [3.8, 4) is 11.5 Å². The first-order valence-electron chi connectivity index (χ1n) is 22.8. The average molecular weight is 1040 g/mol. The van der Waals surface area contributed by atoms with Crippen LogP contribution in [0.5, 0.6) is 11.5 Å². The monoisotopic (exact) mass is 1040 g/mol. The second-order valence-electron chi connectivity index (χ2n) is 16.6. The number of dihydropyridines is 2. The van der Waals surface area contributed by atoms with Gasteiger partial charge in [0.15, 0.2) is 0 Å². The van der Waals surface area contributed by atoms with Crippen molar-refractivity contribution in [3.63, 3.8) is 0 Å². The molecule has 396 valence electrons. The normalized spacial score (nSPS) is 14.9. The van der Waals surface area contributed by atoms with Crippen LogP contribution >= 0.6 is 0 Å². The second kappa shape index (κ2) is 26.9. The molecule has 0 radical (unpaired) electrons. The van der Waals surface area contributed by atoms with E-state index in [1.165, 1.54) is 48.5 Å². The van der Waals surface area contributed by atoms with E-state index in [4.69, 9.17) is 18.9 Å². The maximum absolute atomic E-state index is 13.1. The van der Waals surface area contributed by atoms with Crippen molar-refractivity contribution >= 4 is 58.4 Å². The fourth-order valence-electron chi connectivity index (χ4n) is 8.15. The molecule has 4 aromatic carbocycles. The molecule has 0 spiro atoms. The van der Waals surface area contributed by atoms with Crippen LogP contribution in [0.25, 0.3) is 0 Å². The Bertz CT molecular complexity index is 2760. The first-order chi connectivity index (χ1) is 35.2. The number of hydrogen-bond acceptors (Lipinski definition) is 16. The summed E-state index contributed by atoms with van der Waals surface area (Å²) in [5, 5.41) is 53.6. The number of methoxy groups -OCH3 is 2. The number of carbonyl (C=O) groups excluding carboxylic acids is 4. The number of allylic oxidation sites excluding steroid dienone is 4. The molecule has 0 aromatic heterocycles. The lowest BCUT2D eigenvalue weighted by atomic mass is 9.80. The summed E-state index contributed by atoms with van der Waals surface area (Å²) in [4.78, 5) is 96.2. The lowest BCUT2D eigenvalue weighted by Crippen LogP contribution is -2.32. The van der Waals surface area contributed by atoms with Crippen LogP contribution in [0.2, 0.25) is 0 Å². The molecule has 2 atom stereocenters. The number of hydrogen-bond donors (Lipinski definition) is 6. The highest BCUT2D eigenvalue weighted by Gasteiger charge is 2.39. The fourth-order valence-corrected chi connectivity index (χ4v) is 8.15.